The van der Waals surface area contributed by atoms with Crippen LogP contribution < -0.4 is 0 Å². The second-order valence-corrected chi connectivity index (χ2v) is 5.59. The second kappa shape index (κ2) is 6.96. The van der Waals surface area contributed by atoms with Crippen LogP contribution in [-0.2, 0) is 20.0 Å². The number of ether oxygens (including phenoxy) is 1. The Labute approximate surface area is 105 Å². The van der Waals surface area contributed by atoms with Crippen LogP contribution in [0.2, 0.25) is 0 Å². The van der Waals surface area contributed by atoms with Gasteiger partial charge in [-0.05, 0) is 32.6 Å². The van der Waals surface area contributed by atoms with Gasteiger partial charge in [-0.2, -0.15) is 0 Å². The molecule has 0 spiro atoms. The fourth-order valence-corrected chi connectivity index (χ4v) is 2.13. The van der Waals surface area contributed by atoms with Gasteiger partial charge >= 0.3 is 6.09 Å². The van der Waals surface area contributed by atoms with Crippen molar-refractivity contribution in [3.05, 3.63) is 0 Å². The van der Waals surface area contributed by atoms with Crippen LogP contribution in [-0.4, -0.2) is 47.3 Å². The molecule has 0 bridgehead atoms. The van der Waals surface area contributed by atoms with Gasteiger partial charge in [-0.1, -0.05) is 0 Å². The molecular weight excluding hydrogens is 242 g/mol. The van der Waals surface area contributed by atoms with E-state index in [0.29, 0.717) is 25.6 Å². The van der Waals surface area contributed by atoms with E-state index in [1.54, 1.807) is 4.90 Å². The molecule has 1 aliphatic rings. The smallest absolute Gasteiger partial charge is 0.410 e. The average molecular weight is 263 g/mol. The molecule has 0 radical (unpaired) electrons. The van der Waals surface area contributed by atoms with Crippen molar-refractivity contribution >= 4 is 17.2 Å². The predicted octanol–water partition coefficient (Wildman–Crippen LogP) is 1.55. The number of piperidine rings is 1. The lowest BCUT2D eigenvalue weighted by molar-refractivity contribution is 0.0615. The molecule has 5 nitrogen and oxygen atoms in total. The Kier molecular flexibility index (Phi) is 5.91. The Bertz CT molecular complexity index is 275. The Balaban J connectivity index is 2.25. The minimum Gasteiger partial charge on any atom is -0.447 e. The summed E-state index contributed by atoms with van der Waals surface area (Å²) in [4.78, 5) is 13.3. The first-order chi connectivity index (χ1) is 7.99. The van der Waals surface area contributed by atoms with Crippen LogP contribution in [0.1, 0.15) is 26.7 Å². The van der Waals surface area contributed by atoms with Gasteiger partial charge < -0.3 is 9.64 Å². The van der Waals surface area contributed by atoms with E-state index < -0.39 is 11.1 Å². The zero-order valence-electron chi connectivity index (χ0n) is 10.7. The van der Waals surface area contributed by atoms with Crippen LogP contribution >= 0.6 is 0 Å². The molecule has 0 saturated carbocycles. The van der Waals surface area contributed by atoms with Crippen molar-refractivity contribution in [2.24, 2.45) is 5.92 Å². The minimum atomic E-state index is -1.20. The number of hydrogen-bond donors (Lipinski definition) is 0. The van der Waals surface area contributed by atoms with Crippen LogP contribution in [0.4, 0.5) is 4.79 Å². The number of likely N-dealkylation sites (tertiary alicyclic amines) is 1. The molecule has 6 heteroatoms. The molecule has 1 amide bonds. The van der Waals surface area contributed by atoms with Crippen LogP contribution in [0.5, 0.6) is 0 Å². The van der Waals surface area contributed by atoms with Crippen molar-refractivity contribution in [2.75, 3.05) is 26.0 Å². The molecule has 1 atom stereocenters. The fourth-order valence-electron chi connectivity index (χ4n) is 1.75. The Morgan fingerprint density at radius 1 is 1.41 bits per heavy atom. The molecular formula is C11H21NO4S. The summed E-state index contributed by atoms with van der Waals surface area (Å²) >= 11 is -1.20. The number of amides is 1. The summed E-state index contributed by atoms with van der Waals surface area (Å²) in [5.41, 5.74) is 0. The molecule has 1 rings (SSSR count). The highest BCUT2D eigenvalue weighted by molar-refractivity contribution is 7.79. The molecule has 0 aromatic heterocycles. The van der Waals surface area contributed by atoms with Crippen molar-refractivity contribution in [3.8, 4) is 0 Å². The maximum Gasteiger partial charge on any atom is 0.410 e. The second-order valence-electron chi connectivity index (χ2n) is 4.55. The minimum absolute atomic E-state index is 0.0777. The van der Waals surface area contributed by atoms with Gasteiger partial charge in [-0.25, -0.2) is 9.00 Å². The molecule has 0 aliphatic carbocycles. The molecule has 1 aliphatic heterocycles. The largest absolute Gasteiger partial charge is 0.447 e. The number of carbonyl (C=O) groups is 1. The highest BCUT2D eigenvalue weighted by atomic mass is 32.2. The molecule has 0 aromatic rings. The standard InChI is InChI=1S/C11H21NO4S/c1-9(2)16-11(13)12-6-4-10(5-7-12)8-15-17(3)14/h9-10H,4-8H2,1-3H3. The van der Waals surface area contributed by atoms with Crippen molar-refractivity contribution < 1.29 is 17.9 Å². The molecule has 1 saturated heterocycles. The van der Waals surface area contributed by atoms with E-state index in [4.69, 9.17) is 8.92 Å². The first-order valence-corrected chi connectivity index (χ1v) is 7.39. The van der Waals surface area contributed by atoms with E-state index in [1.165, 1.54) is 6.26 Å². The molecule has 1 heterocycles. The van der Waals surface area contributed by atoms with Crippen molar-refractivity contribution in [2.45, 2.75) is 32.8 Å². The highest BCUT2D eigenvalue weighted by Crippen LogP contribution is 2.18. The average Bonchev–Trinajstić information content (AvgIpc) is 2.26. The molecule has 100 valence electrons. The van der Waals surface area contributed by atoms with Crippen LogP contribution in [0, 0.1) is 5.92 Å². The molecule has 0 aromatic carbocycles. The zero-order chi connectivity index (χ0) is 12.8. The summed E-state index contributed by atoms with van der Waals surface area (Å²) in [6, 6.07) is 0. The Hall–Kier alpha value is -0.620. The van der Waals surface area contributed by atoms with Crippen molar-refractivity contribution in [3.63, 3.8) is 0 Å². The lowest BCUT2D eigenvalue weighted by atomic mass is 9.98. The summed E-state index contributed by atoms with van der Waals surface area (Å²) in [7, 11) is 0. The summed E-state index contributed by atoms with van der Waals surface area (Å²) in [5.74, 6) is 0.391. The lowest BCUT2D eigenvalue weighted by Crippen LogP contribution is -2.40. The van der Waals surface area contributed by atoms with Gasteiger partial charge in [0.25, 0.3) is 0 Å². The Morgan fingerprint density at radius 2 is 2.00 bits per heavy atom. The summed E-state index contributed by atoms with van der Waals surface area (Å²) in [6.07, 6.45) is 2.97. The van der Waals surface area contributed by atoms with E-state index in [2.05, 4.69) is 0 Å². The van der Waals surface area contributed by atoms with E-state index in [-0.39, 0.29) is 12.2 Å². The summed E-state index contributed by atoms with van der Waals surface area (Å²) in [6.45, 7) is 5.58. The maximum atomic E-state index is 11.6. The van der Waals surface area contributed by atoms with E-state index >= 15 is 0 Å². The van der Waals surface area contributed by atoms with Gasteiger partial charge in [-0.3, -0.25) is 4.18 Å². The number of rotatable bonds is 4. The highest BCUT2D eigenvalue weighted by Gasteiger charge is 2.24. The van der Waals surface area contributed by atoms with Crippen molar-refractivity contribution in [1.29, 1.82) is 0 Å². The van der Waals surface area contributed by atoms with Crippen LogP contribution in [0.25, 0.3) is 0 Å². The first-order valence-electron chi connectivity index (χ1n) is 5.91. The molecule has 17 heavy (non-hydrogen) atoms. The number of carbonyl (C=O) groups excluding carboxylic acids is 1. The molecule has 1 fully saturated rings. The number of hydrogen-bond acceptors (Lipinski definition) is 4. The third-order valence-corrected chi connectivity index (χ3v) is 3.15. The van der Waals surface area contributed by atoms with Crippen LogP contribution in [0.15, 0.2) is 0 Å². The monoisotopic (exact) mass is 263 g/mol. The maximum absolute atomic E-state index is 11.6. The lowest BCUT2D eigenvalue weighted by Gasteiger charge is -2.31. The molecule has 0 N–H and O–H groups in total. The van der Waals surface area contributed by atoms with Crippen LogP contribution in [0.3, 0.4) is 0 Å². The van der Waals surface area contributed by atoms with Gasteiger partial charge in [0.15, 0.2) is 11.1 Å². The predicted molar refractivity (Wildman–Crippen MR) is 65.9 cm³/mol. The molecule has 1 unspecified atom stereocenters. The third kappa shape index (κ3) is 5.50. The third-order valence-electron chi connectivity index (χ3n) is 2.68. The van der Waals surface area contributed by atoms with E-state index in [9.17, 15) is 9.00 Å². The topological polar surface area (TPSA) is 55.8 Å². The van der Waals surface area contributed by atoms with E-state index in [1.807, 2.05) is 13.8 Å². The van der Waals surface area contributed by atoms with Gasteiger partial charge in [0.05, 0.1) is 12.7 Å². The summed E-state index contributed by atoms with van der Waals surface area (Å²) in [5, 5.41) is 0. The van der Waals surface area contributed by atoms with Gasteiger partial charge in [0, 0.05) is 19.3 Å². The SMILES string of the molecule is CC(C)OC(=O)N1CCC(COS(C)=O)CC1. The van der Waals surface area contributed by atoms with E-state index in [0.717, 1.165) is 12.8 Å². The van der Waals surface area contributed by atoms with Gasteiger partial charge in [0.2, 0.25) is 0 Å². The zero-order valence-corrected chi connectivity index (χ0v) is 11.5. The quantitative estimate of drug-likeness (QED) is 0.772. The Morgan fingerprint density at radius 3 is 2.47 bits per heavy atom. The fraction of sp³-hybridized carbons (Fsp3) is 0.909. The van der Waals surface area contributed by atoms with Gasteiger partial charge in [-0.15, -0.1) is 0 Å². The number of nitrogens with zero attached hydrogens (tertiary/aromatic N) is 1. The summed E-state index contributed by atoms with van der Waals surface area (Å²) < 4.78 is 21.0. The first kappa shape index (κ1) is 14.4. The van der Waals surface area contributed by atoms with Crippen molar-refractivity contribution in [1.82, 2.24) is 4.90 Å². The normalized spacial score (nSPS) is 19.4. The van der Waals surface area contributed by atoms with Gasteiger partial charge in [0.1, 0.15) is 0 Å².